The lowest BCUT2D eigenvalue weighted by Crippen LogP contribution is -2.17. The zero-order chi connectivity index (χ0) is 22.1. The molecule has 0 aliphatic heterocycles. The number of anilines is 2. The molecule has 0 aromatic heterocycles. The van der Waals surface area contributed by atoms with E-state index in [-0.39, 0.29) is 15.5 Å². The number of rotatable bonds is 5. The van der Waals surface area contributed by atoms with Gasteiger partial charge in [-0.25, -0.2) is 8.42 Å². The highest BCUT2D eigenvalue weighted by Gasteiger charge is 2.21. The summed E-state index contributed by atoms with van der Waals surface area (Å²) < 4.78 is 28.5. The molecule has 2 N–H and O–H groups in total. The Morgan fingerprint density at radius 2 is 1.60 bits per heavy atom. The molecule has 0 saturated heterocycles. The first-order chi connectivity index (χ1) is 14.1. The Kier molecular flexibility index (Phi) is 6.19. The summed E-state index contributed by atoms with van der Waals surface area (Å²) in [6.45, 7) is 7.60. The molecule has 0 aliphatic carbocycles. The van der Waals surface area contributed by atoms with Crippen LogP contribution in [0.4, 0.5) is 11.4 Å². The molecule has 0 fully saturated rings. The van der Waals surface area contributed by atoms with Gasteiger partial charge in [-0.05, 0) is 74.7 Å². The van der Waals surface area contributed by atoms with Crippen molar-refractivity contribution in [3.05, 3.63) is 87.4 Å². The smallest absolute Gasteiger partial charge is 0.263 e. The molecule has 0 saturated carbocycles. The van der Waals surface area contributed by atoms with Crippen LogP contribution in [-0.2, 0) is 10.0 Å². The Morgan fingerprint density at radius 3 is 2.30 bits per heavy atom. The zero-order valence-electron chi connectivity index (χ0n) is 17.2. The van der Waals surface area contributed by atoms with Crippen LogP contribution < -0.4 is 10.0 Å². The molecule has 5 nitrogen and oxygen atoms in total. The van der Waals surface area contributed by atoms with Crippen molar-refractivity contribution in [2.45, 2.75) is 32.6 Å². The van der Waals surface area contributed by atoms with Gasteiger partial charge in [-0.1, -0.05) is 41.4 Å². The number of aryl methyl sites for hydroxylation is 3. The summed E-state index contributed by atoms with van der Waals surface area (Å²) in [5.41, 5.74) is 5.11. The van der Waals surface area contributed by atoms with Crippen LogP contribution in [0, 0.1) is 27.7 Å². The minimum absolute atomic E-state index is 0.0378. The van der Waals surface area contributed by atoms with Gasteiger partial charge in [0.05, 0.1) is 10.7 Å². The lowest BCUT2D eigenvalue weighted by atomic mass is 10.1. The van der Waals surface area contributed by atoms with Crippen molar-refractivity contribution in [2.75, 3.05) is 10.0 Å². The van der Waals surface area contributed by atoms with E-state index in [0.717, 1.165) is 22.3 Å². The first kappa shape index (κ1) is 21.9. The molecular formula is C23H23ClN2O3S. The van der Waals surface area contributed by atoms with Crippen molar-refractivity contribution in [3.8, 4) is 0 Å². The summed E-state index contributed by atoms with van der Waals surface area (Å²) in [6, 6.07) is 15.2. The fourth-order valence-electron chi connectivity index (χ4n) is 3.06. The molecule has 30 heavy (non-hydrogen) atoms. The summed E-state index contributed by atoms with van der Waals surface area (Å²) in [4.78, 5) is 12.6. The number of carbonyl (C=O) groups is 1. The van der Waals surface area contributed by atoms with Gasteiger partial charge in [0.1, 0.15) is 4.90 Å². The minimum atomic E-state index is -3.99. The van der Waals surface area contributed by atoms with Crippen LogP contribution in [0.3, 0.4) is 0 Å². The topological polar surface area (TPSA) is 75.3 Å². The van der Waals surface area contributed by atoms with Crippen molar-refractivity contribution in [1.29, 1.82) is 0 Å². The Morgan fingerprint density at radius 1 is 0.867 bits per heavy atom. The Balaban J connectivity index is 1.92. The van der Waals surface area contributed by atoms with Crippen molar-refractivity contribution < 1.29 is 13.2 Å². The van der Waals surface area contributed by atoms with Crippen LogP contribution in [0.1, 0.15) is 32.6 Å². The summed E-state index contributed by atoms with van der Waals surface area (Å²) >= 11 is 6.17. The maximum absolute atomic E-state index is 13.0. The van der Waals surface area contributed by atoms with Gasteiger partial charge in [0.25, 0.3) is 15.9 Å². The van der Waals surface area contributed by atoms with E-state index in [4.69, 9.17) is 11.6 Å². The van der Waals surface area contributed by atoms with Gasteiger partial charge in [-0.2, -0.15) is 0 Å². The van der Waals surface area contributed by atoms with Crippen molar-refractivity contribution in [1.82, 2.24) is 0 Å². The monoisotopic (exact) mass is 442 g/mol. The predicted octanol–water partition coefficient (Wildman–Crippen LogP) is 5.63. The first-order valence-corrected chi connectivity index (χ1v) is 11.2. The Bertz CT molecular complexity index is 1240. The van der Waals surface area contributed by atoms with Gasteiger partial charge >= 0.3 is 0 Å². The van der Waals surface area contributed by atoms with Crippen LogP contribution in [0.25, 0.3) is 0 Å². The summed E-state index contributed by atoms with van der Waals surface area (Å²) in [5, 5.41) is 2.86. The van der Waals surface area contributed by atoms with Gasteiger partial charge in [-0.3, -0.25) is 9.52 Å². The molecule has 0 bridgehead atoms. The summed E-state index contributed by atoms with van der Waals surface area (Å²) in [6.07, 6.45) is 0. The lowest BCUT2D eigenvalue weighted by Gasteiger charge is -2.14. The van der Waals surface area contributed by atoms with E-state index >= 15 is 0 Å². The van der Waals surface area contributed by atoms with Crippen molar-refractivity contribution in [2.24, 2.45) is 0 Å². The third-order valence-corrected chi connectivity index (χ3v) is 6.81. The van der Waals surface area contributed by atoms with E-state index in [0.29, 0.717) is 11.4 Å². The van der Waals surface area contributed by atoms with Crippen LogP contribution in [0.15, 0.2) is 59.5 Å². The number of sulfonamides is 1. The molecule has 3 rings (SSSR count). The average Bonchev–Trinajstić information content (AvgIpc) is 2.67. The maximum Gasteiger partial charge on any atom is 0.263 e. The minimum Gasteiger partial charge on any atom is -0.322 e. The molecule has 3 aromatic rings. The van der Waals surface area contributed by atoms with E-state index in [1.807, 2.05) is 52.0 Å². The van der Waals surface area contributed by atoms with E-state index in [2.05, 4.69) is 10.0 Å². The van der Waals surface area contributed by atoms with Crippen LogP contribution in [-0.4, -0.2) is 14.3 Å². The number of carbonyl (C=O) groups excluding carboxylic acids is 1. The third-order valence-electron chi connectivity index (χ3n) is 4.96. The molecule has 1 amide bonds. The third kappa shape index (κ3) is 4.66. The predicted molar refractivity (Wildman–Crippen MR) is 122 cm³/mol. The van der Waals surface area contributed by atoms with E-state index in [9.17, 15) is 13.2 Å². The number of benzene rings is 3. The number of hydrogen-bond donors (Lipinski definition) is 2. The second-order valence-corrected chi connectivity index (χ2v) is 9.33. The van der Waals surface area contributed by atoms with Gasteiger partial charge < -0.3 is 5.32 Å². The second kappa shape index (κ2) is 8.50. The molecule has 0 aliphatic rings. The molecule has 0 atom stereocenters. The first-order valence-electron chi connectivity index (χ1n) is 9.35. The fraction of sp³-hybridized carbons (Fsp3) is 0.174. The van der Waals surface area contributed by atoms with Crippen LogP contribution >= 0.6 is 11.6 Å². The largest absolute Gasteiger partial charge is 0.322 e. The zero-order valence-corrected chi connectivity index (χ0v) is 18.8. The maximum atomic E-state index is 13.0. The average molecular weight is 443 g/mol. The molecule has 7 heteroatoms. The summed E-state index contributed by atoms with van der Waals surface area (Å²) in [5.74, 6) is -0.415. The highest BCUT2D eigenvalue weighted by Crippen LogP contribution is 2.27. The molecule has 0 unspecified atom stereocenters. The Hall–Kier alpha value is -2.83. The van der Waals surface area contributed by atoms with Gasteiger partial charge in [0, 0.05) is 11.3 Å². The number of nitrogens with one attached hydrogen (secondary N) is 2. The number of hydrogen-bond acceptors (Lipinski definition) is 3. The van der Waals surface area contributed by atoms with Crippen molar-refractivity contribution >= 4 is 38.9 Å². The van der Waals surface area contributed by atoms with Gasteiger partial charge in [0.2, 0.25) is 0 Å². The SMILES string of the molecule is Cc1ccc(NC(=O)c2ccc(Cl)c(S(=O)(=O)Nc3cccc(C)c3C)c2)c(C)c1. The van der Waals surface area contributed by atoms with E-state index < -0.39 is 15.9 Å². The Labute approximate surface area is 182 Å². The van der Waals surface area contributed by atoms with Crippen LogP contribution in [0.2, 0.25) is 5.02 Å². The van der Waals surface area contributed by atoms with E-state index in [1.165, 1.54) is 18.2 Å². The molecule has 156 valence electrons. The molecular weight excluding hydrogens is 420 g/mol. The summed E-state index contributed by atoms with van der Waals surface area (Å²) in [7, 11) is -3.99. The molecule has 0 heterocycles. The highest BCUT2D eigenvalue weighted by molar-refractivity contribution is 7.92. The second-order valence-electron chi connectivity index (χ2n) is 7.27. The molecule has 0 spiro atoms. The highest BCUT2D eigenvalue weighted by atomic mass is 35.5. The van der Waals surface area contributed by atoms with Gasteiger partial charge in [0.15, 0.2) is 0 Å². The van der Waals surface area contributed by atoms with Crippen molar-refractivity contribution in [3.63, 3.8) is 0 Å². The molecule has 0 radical (unpaired) electrons. The lowest BCUT2D eigenvalue weighted by molar-refractivity contribution is 0.102. The van der Waals surface area contributed by atoms with Crippen LogP contribution in [0.5, 0.6) is 0 Å². The quantitative estimate of drug-likeness (QED) is 0.537. The fourth-order valence-corrected chi connectivity index (χ4v) is 4.71. The van der Waals surface area contributed by atoms with Gasteiger partial charge in [-0.15, -0.1) is 0 Å². The molecule has 3 aromatic carbocycles. The van der Waals surface area contributed by atoms with E-state index in [1.54, 1.807) is 12.1 Å². The standard InChI is InChI=1S/C23H23ClN2O3S/c1-14-8-11-20(16(3)12-14)25-23(27)18-9-10-19(24)22(13-18)30(28,29)26-21-7-5-6-15(2)17(21)4/h5-13,26H,1-4H3,(H,25,27). The number of amides is 1. The number of halogens is 1. The normalized spacial score (nSPS) is 11.2.